The molecule has 140 valence electrons. The van der Waals surface area contributed by atoms with Gasteiger partial charge in [-0.1, -0.05) is 36.4 Å². The number of hydrogen-bond acceptors (Lipinski definition) is 5. The summed E-state index contributed by atoms with van der Waals surface area (Å²) in [6.45, 7) is 0. The van der Waals surface area contributed by atoms with Crippen LogP contribution in [0.1, 0.15) is 0 Å². The molecule has 0 saturated heterocycles. The summed E-state index contributed by atoms with van der Waals surface area (Å²) in [5.74, 6) is 0.528. The minimum atomic E-state index is -0.424. The molecule has 2 N–H and O–H groups in total. The van der Waals surface area contributed by atoms with Gasteiger partial charge in [-0.25, -0.2) is 9.78 Å². The van der Waals surface area contributed by atoms with Gasteiger partial charge in [-0.05, 0) is 24.3 Å². The predicted octanol–water partition coefficient (Wildman–Crippen LogP) is 3.12. The van der Waals surface area contributed by atoms with E-state index in [1.54, 1.807) is 13.1 Å². The minimum absolute atomic E-state index is 0.312. The quantitative estimate of drug-likeness (QED) is 0.574. The smallest absolute Gasteiger partial charge is 0.332 e. The molecule has 0 aliphatic heterocycles. The average molecular weight is 373 g/mol. The molecule has 0 aliphatic rings. The van der Waals surface area contributed by atoms with E-state index in [1.807, 2.05) is 60.7 Å². The van der Waals surface area contributed by atoms with Crippen LogP contribution in [0.25, 0.3) is 11.0 Å². The van der Waals surface area contributed by atoms with Crippen molar-refractivity contribution in [1.82, 2.24) is 14.1 Å². The lowest BCUT2D eigenvalue weighted by molar-refractivity contribution is 0.708. The molecule has 0 atom stereocenters. The Balaban J connectivity index is 1.95. The molecule has 28 heavy (non-hydrogen) atoms. The highest BCUT2D eigenvalue weighted by molar-refractivity contribution is 5.92. The van der Waals surface area contributed by atoms with Crippen molar-refractivity contribution < 1.29 is 0 Å². The summed E-state index contributed by atoms with van der Waals surface area (Å²) in [6, 6.07) is 20.9. The van der Waals surface area contributed by atoms with Crippen molar-refractivity contribution in [3.8, 4) is 0 Å². The molecule has 4 aromatic rings. The first kappa shape index (κ1) is 17.5. The van der Waals surface area contributed by atoms with Gasteiger partial charge < -0.3 is 10.6 Å². The van der Waals surface area contributed by atoms with Gasteiger partial charge in [0.15, 0.2) is 5.65 Å². The number of hydrogen-bond donors (Lipinski definition) is 2. The van der Waals surface area contributed by atoms with Crippen molar-refractivity contribution in [3.63, 3.8) is 0 Å². The molecule has 0 spiro atoms. The predicted molar refractivity (Wildman–Crippen MR) is 112 cm³/mol. The van der Waals surface area contributed by atoms with Gasteiger partial charge in [0.2, 0.25) is 0 Å². The lowest BCUT2D eigenvalue weighted by atomic mass is 10.2. The van der Waals surface area contributed by atoms with Crippen LogP contribution in [0.15, 0.2) is 76.3 Å². The zero-order valence-electron chi connectivity index (χ0n) is 15.5. The Morgan fingerprint density at radius 1 is 0.786 bits per heavy atom. The summed E-state index contributed by atoms with van der Waals surface area (Å²) in [5.41, 5.74) is 1.76. The highest BCUT2D eigenvalue weighted by Crippen LogP contribution is 2.27. The third-order valence-electron chi connectivity index (χ3n) is 4.51. The Kier molecular flexibility index (Phi) is 4.41. The summed E-state index contributed by atoms with van der Waals surface area (Å²) >= 11 is 0. The van der Waals surface area contributed by atoms with Gasteiger partial charge >= 0.3 is 5.69 Å². The molecule has 0 bridgehead atoms. The number of para-hydroxylation sites is 2. The first-order valence-electron chi connectivity index (χ1n) is 8.79. The van der Waals surface area contributed by atoms with Crippen LogP contribution in [-0.2, 0) is 14.1 Å². The number of benzene rings is 2. The molecule has 0 saturated carbocycles. The van der Waals surface area contributed by atoms with E-state index in [2.05, 4.69) is 15.6 Å². The molecular weight excluding hydrogens is 354 g/mol. The van der Waals surface area contributed by atoms with Crippen molar-refractivity contribution in [3.05, 3.63) is 87.6 Å². The zero-order valence-corrected chi connectivity index (χ0v) is 15.5. The van der Waals surface area contributed by atoms with Gasteiger partial charge in [0.05, 0.1) is 5.69 Å². The molecule has 2 aromatic heterocycles. The summed E-state index contributed by atoms with van der Waals surface area (Å²) in [7, 11) is 3.07. The molecule has 0 unspecified atom stereocenters. The van der Waals surface area contributed by atoms with E-state index in [0.29, 0.717) is 22.5 Å². The van der Waals surface area contributed by atoms with E-state index < -0.39 is 11.2 Å². The SMILES string of the molecule is Cn1c(=O)c2c(Nc3ccccc3)cc(Nc3ccccc3)nc2n(C)c1=O. The maximum atomic E-state index is 12.8. The largest absolute Gasteiger partial charge is 0.355 e. The molecular formula is C21H19N5O2. The van der Waals surface area contributed by atoms with Crippen molar-refractivity contribution in [1.29, 1.82) is 0 Å². The Bertz CT molecular complexity index is 1260. The lowest BCUT2D eigenvalue weighted by Crippen LogP contribution is -2.37. The number of nitrogens with one attached hydrogen (secondary N) is 2. The summed E-state index contributed by atoms with van der Waals surface area (Å²) in [4.78, 5) is 29.8. The molecule has 7 nitrogen and oxygen atoms in total. The Labute approximate surface area is 160 Å². The minimum Gasteiger partial charge on any atom is -0.355 e. The number of pyridine rings is 1. The Hall–Kier alpha value is -3.87. The third kappa shape index (κ3) is 3.14. The first-order chi connectivity index (χ1) is 13.5. The van der Waals surface area contributed by atoms with Crippen LogP contribution in [-0.4, -0.2) is 14.1 Å². The topological polar surface area (TPSA) is 81.0 Å². The van der Waals surface area contributed by atoms with Crippen LogP contribution in [0, 0.1) is 0 Å². The van der Waals surface area contributed by atoms with Gasteiger partial charge in [0, 0.05) is 31.5 Å². The van der Waals surface area contributed by atoms with E-state index in [4.69, 9.17) is 0 Å². The van der Waals surface area contributed by atoms with Gasteiger partial charge in [0.1, 0.15) is 11.2 Å². The molecule has 7 heteroatoms. The summed E-state index contributed by atoms with van der Waals surface area (Å²) < 4.78 is 2.47. The van der Waals surface area contributed by atoms with Gasteiger partial charge in [-0.2, -0.15) is 0 Å². The second kappa shape index (κ2) is 7.03. The second-order valence-corrected chi connectivity index (χ2v) is 6.44. The second-order valence-electron chi connectivity index (χ2n) is 6.44. The normalized spacial score (nSPS) is 10.8. The van der Waals surface area contributed by atoms with Crippen molar-refractivity contribution >= 4 is 33.9 Å². The first-order valence-corrected chi connectivity index (χ1v) is 8.79. The fourth-order valence-electron chi connectivity index (χ4n) is 3.06. The Morgan fingerprint density at radius 3 is 1.96 bits per heavy atom. The molecule has 2 heterocycles. The zero-order chi connectivity index (χ0) is 19.7. The van der Waals surface area contributed by atoms with Gasteiger partial charge in [-0.3, -0.25) is 13.9 Å². The van der Waals surface area contributed by atoms with E-state index in [1.165, 1.54) is 11.6 Å². The van der Waals surface area contributed by atoms with Crippen LogP contribution in [0.5, 0.6) is 0 Å². The van der Waals surface area contributed by atoms with Crippen molar-refractivity contribution in [2.24, 2.45) is 14.1 Å². The van der Waals surface area contributed by atoms with Crippen LogP contribution in [0.3, 0.4) is 0 Å². The van der Waals surface area contributed by atoms with Crippen molar-refractivity contribution in [2.45, 2.75) is 0 Å². The third-order valence-corrected chi connectivity index (χ3v) is 4.51. The highest BCUT2D eigenvalue weighted by atomic mass is 16.2. The van der Waals surface area contributed by atoms with Crippen LogP contribution < -0.4 is 21.9 Å². The number of nitrogens with zero attached hydrogens (tertiary/aromatic N) is 3. The lowest BCUT2D eigenvalue weighted by Gasteiger charge is -2.15. The number of aryl methyl sites for hydroxylation is 1. The maximum Gasteiger partial charge on any atom is 0.332 e. The number of aromatic nitrogens is 3. The van der Waals surface area contributed by atoms with Gasteiger partial charge in [-0.15, -0.1) is 0 Å². The number of rotatable bonds is 4. The van der Waals surface area contributed by atoms with Crippen LogP contribution in [0.2, 0.25) is 0 Å². The van der Waals surface area contributed by atoms with E-state index in [9.17, 15) is 9.59 Å². The van der Waals surface area contributed by atoms with Crippen LogP contribution in [0.4, 0.5) is 22.9 Å². The van der Waals surface area contributed by atoms with E-state index in [-0.39, 0.29) is 0 Å². The standard InChI is InChI=1S/C21H19N5O2/c1-25-19-18(20(27)26(2)21(25)28)16(22-14-9-5-3-6-10-14)13-17(24-19)23-15-11-7-4-8-12-15/h3-13H,1-2H3,(H2,22,23,24). The van der Waals surface area contributed by atoms with E-state index >= 15 is 0 Å². The number of anilines is 4. The average Bonchev–Trinajstić information content (AvgIpc) is 2.72. The molecule has 0 aliphatic carbocycles. The molecule has 4 rings (SSSR count). The maximum absolute atomic E-state index is 12.8. The fraction of sp³-hybridized carbons (Fsp3) is 0.0952. The monoisotopic (exact) mass is 373 g/mol. The van der Waals surface area contributed by atoms with Crippen molar-refractivity contribution in [2.75, 3.05) is 10.6 Å². The van der Waals surface area contributed by atoms with Gasteiger partial charge in [0.25, 0.3) is 5.56 Å². The number of fused-ring (bicyclic) bond motifs is 1. The Morgan fingerprint density at radius 2 is 1.36 bits per heavy atom. The molecule has 0 amide bonds. The van der Waals surface area contributed by atoms with E-state index in [0.717, 1.165) is 15.9 Å². The molecule has 2 aromatic carbocycles. The fourth-order valence-corrected chi connectivity index (χ4v) is 3.06. The highest BCUT2D eigenvalue weighted by Gasteiger charge is 2.16. The summed E-state index contributed by atoms with van der Waals surface area (Å²) in [6.07, 6.45) is 0. The molecule has 0 fully saturated rings. The molecule has 0 radical (unpaired) electrons. The summed E-state index contributed by atoms with van der Waals surface area (Å²) in [5, 5.41) is 6.86. The van der Waals surface area contributed by atoms with Crippen LogP contribution >= 0.6 is 0 Å².